The number of furan rings is 1. The van der Waals surface area contributed by atoms with Crippen LogP contribution in [0.4, 0.5) is 0 Å². The summed E-state index contributed by atoms with van der Waals surface area (Å²) >= 11 is 0. The molecule has 0 atom stereocenters. The van der Waals surface area contributed by atoms with Crippen molar-refractivity contribution in [2.24, 2.45) is 0 Å². The molecule has 0 fully saturated rings. The molecule has 5 nitrogen and oxygen atoms in total. The number of ketones is 1. The molecule has 2 heterocycles. The van der Waals surface area contributed by atoms with Gasteiger partial charge in [-0.15, -0.1) is 0 Å². The van der Waals surface area contributed by atoms with Gasteiger partial charge in [-0.3, -0.25) is 4.79 Å². The molecule has 0 unspecified atom stereocenters. The van der Waals surface area contributed by atoms with Crippen molar-refractivity contribution in [1.29, 1.82) is 0 Å². The lowest BCUT2D eigenvalue weighted by molar-refractivity contribution is 0.101. The monoisotopic (exact) mass is 362 g/mol. The van der Waals surface area contributed by atoms with Crippen molar-refractivity contribution in [2.45, 2.75) is 13.5 Å². The van der Waals surface area contributed by atoms with E-state index < -0.39 is 0 Å². The Labute approximate surface area is 156 Å². The van der Waals surface area contributed by atoms with Gasteiger partial charge >= 0.3 is 0 Å². The Morgan fingerprint density at radius 1 is 1.07 bits per heavy atom. The largest absolute Gasteiger partial charge is 0.497 e. The van der Waals surface area contributed by atoms with Gasteiger partial charge in [-0.05, 0) is 48.4 Å². The predicted octanol–water partition coefficient (Wildman–Crippen LogP) is 4.79. The minimum Gasteiger partial charge on any atom is -0.497 e. The molecule has 4 rings (SSSR count). The maximum absolute atomic E-state index is 12.6. The van der Waals surface area contributed by atoms with E-state index >= 15 is 0 Å². The molecular formula is C22H18O5. The molecule has 27 heavy (non-hydrogen) atoms. The topological polar surface area (TPSA) is 57.9 Å². The van der Waals surface area contributed by atoms with Crippen molar-refractivity contribution in [2.75, 3.05) is 7.11 Å². The van der Waals surface area contributed by atoms with Crippen LogP contribution in [0.2, 0.25) is 0 Å². The highest BCUT2D eigenvalue weighted by Crippen LogP contribution is 2.37. The molecule has 0 spiro atoms. The van der Waals surface area contributed by atoms with Crippen LogP contribution in [0, 0.1) is 6.92 Å². The van der Waals surface area contributed by atoms with E-state index in [9.17, 15) is 4.79 Å². The summed E-state index contributed by atoms with van der Waals surface area (Å²) in [5.41, 5.74) is 2.39. The maximum Gasteiger partial charge on any atom is 0.232 e. The molecule has 0 radical (unpaired) electrons. The van der Waals surface area contributed by atoms with Crippen molar-refractivity contribution >= 4 is 11.9 Å². The van der Waals surface area contributed by atoms with Crippen molar-refractivity contribution in [3.63, 3.8) is 0 Å². The van der Waals surface area contributed by atoms with E-state index in [-0.39, 0.29) is 11.5 Å². The van der Waals surface area contributed by atoms with Crippen LogP contribution in [0.15, 0.2) is 65.0 Å². The van der Waals surface area contributed by atoms with E-state index in [1.165, 1.54) is 0 Å². The van der Waals surface area contributed by atoms with Crippen LogP contribution in [0.1, 0.15) is 27.2 Å². The zero-order valence-electron chi connectivity index (χ0n) is 15.0. The Balaban J connectivity index is 1.53. The molecule has 0 aliphatic carbocycles. The SMILES string of the molecule is COc1ccc(COc2cc(C)c3c(c2)O/C(=C\c2ccco2)C3=O)cc1. The number of ether oxygens (including phenoxy) is 3. The third-order valence-corrected chi connectivity index (χ3v) is 4.32. The fraction of sp³-hybridized carbons (Fsp3) is 0.136. The molecular weight excluding hydrogens is 344 g/mol. The van der Waals surface area contributed by atoms with Gasteiger partial charge in [0.05, 0.1) is 18.9 Å². The van der Waals surface area contributed by atoms with Crippen LogP contribution in [-0.2, 0) is 6.61 Å². The molecule has 136 valence electrons. The van der Waals surface area contributed by atoms with Crippen LogP contribution in [0.3, 0.4) is 0 Å². The smallest absolute Gasteiger partial charge is 0.232 e. The third-order valence-electron chi connectivity index (χ3n) is 4.32. The first-order valence-electron chi connectivity index (χ1n) is 8.52. The van der Waals surface area contributed by atoms with E-state index in [2.05, 4.69) is 0 Å². The van der Waals surface area contributed by atoms with E-state index in [4.69, 9.17) is 18.6 Å². The molecule has 0 saturated heterocycles. The summed E-state index contributed by atoms with van der Waals surface area (Å²) in [6.45, 7) is 2.28. The molecule has 3 aromatic rings. The number of carbonyl (C=O) groups is 1. The molecule has 0 saturated carbocycles. The summed E-state index contributed by atoms with van der Waals surface area (Å²) in [6, 6.07) is 14.8. The number of rotatable bonds is 5. The molecule has 2 aromatic carbocycles. The van der Waals surface area contributed by atoms with Crippen molar-refractivity contribution in [1.82, 2.24) is 0 Å². The normalized spacial score (nSPS) is 14.1. The molecule has 1 aliphatic heterocycles. The van der Waals surface area contributed by atoms with Gasteiger partial charge in [-0.2, -0.15) is 0 Å². The average molecular weight is 362 g/mol. The van der Waals surface area contributed by atoms with Gasteiger partial charge in [-0.1, -0.05) is 12.1 Å². The lowest BCUT2D eigenvalue weighted by Gasteiger charge is -2.09. The first kappa shape index (κ1) is 17.0. The standard InChI is InChI=1S/C22H18O5/c1-14-10-18(26-13-15-5-7-16(24-2)8-6-15)12-19-21(14)22(23)20(27-19)11-17-4-3-9-25-17/h3-12H,13H2,1-2H3/b20-11-. The number of hydrogen-bond donors (Lipinski definition) is 0. The lowest BCUT2D eigenvalue weighted by atomic mass is 10.0. The number of allylic oxidation sites excluding steroid dienone is 1. The van der Waals surface area contributed by atoms with Crippen LogP contribution >= 0.6 is 0 Å². The molecule has 0 N–H and O–H groups in total. The number of benzene rings is 2. The fourth-order valence-corrected chi connectivity index (χ4v) is 2.95. The van der Waals surface area contributed by atoms with E-state index in [1.54, 1.807) is 37.6 Å². The summed E-state index contributed by atoms with van der Waals surface area (Å²) < 4.78 is 22.0. The van der Waals surface area contributed by atoms with Gasteiger partial charge in [0.25, 0.3) is 0 Å². The van der Waals surface area contributed by atoms with E-state index in [0.717, 1.165) is 16.9 Å². The van der Waals surface area contributed by atoms with Gasteiger partial charge in [0.2, 0.25) is 5.78 Å². The third kappa shape index (κ3) is 3.44. The highest BCUT2D eigenvalue weighted by atomic mass is 16.5. The van der Waals surface area contributed by atoms with Crippen LogP contribution in [-0.4, -0.2) is 12.9 Å². The number of methoxy groups -OCH3 is 1. The van der Waals surface area contributed by atoms with Crippen LogP contribution in [0.25, 0.3) is 6.08 Å². The minimum absolute atomic E-state index is 0.152. The van der Waals surface area contributed by atoms with Gasteiger partial charge in [0, 0.05) is 12.1 Å². The zero-order chi connectivity index (χ0) is 18.8. The average Bonchev–Trinajstić information content (AvgIpc) is 3.29. The van der Waals surface area contributed by atoms with Crippen molar-refractivity contribution < 1.29 is 23.4 Å². The highest BCUT2D eigenvalue weighted by molar-refractivity contribution is 6.15. The summed E-state index contributed by atoms with van der Waals surface area (Å²) in [7, 11) is 1.63. The first-order chi connectivity index (χ1) is 13.1. The summed E-state index contributed by atoms with van der Waals surface area (Å²) in [4.78, 5) is 12.6. The Morgan fingerprint density at radius 3 is 2.59 bits per heavy atom. The van der Waals surface area contributed by atoms with Crippen LogP contribution < -0.4 is 14.2 Å². The Bertz CT molecular complexity index is 998. The van der Waals surface area contributed by atoms with E-state index in [1.807, 2.05) is 37.3 Å². The molecule has 1 aromatic heterocycles. The van der Waals surface area contributed by atoms with Crippen molar-refractivity contribution in [3.8, 4) is 17.2 Å². The Hall–Kier alpha value is -3.47. The number of hydrogen-bond acceptors (Lipinski definition) is 5. The Kier molecular flexibility index (Phi) is 4.42. The number of Topliss-reactive ketones (excluding diaryl/α,β-unsaturated/α-hetero) is 1. The lowest BCUT2D eigenvalue weighted by Crippen LogP contribution is -2.00. The summed E-state index contributed by atoms with van der Waals surface area (Å²) in [5, 5.41) is 0. The van der Waals surface area contributed by atoms with E-state index in [0.29, 0.717) is 29.4 Å². The summed E-state index contributed by atoms with van der Waals surface area (Å²) in [5.74, 6) is 2.61. The van der Waals surface area contributed by atoms with Gasteiger partial charge in [0.1, 0.15) is 29.6 Å². The molecule has 0 amide bonds. The second-order valence-electron chi connectivity index (χ2n) is 6.21. The minimum atomic E-state index is -0.152. The number of aryl methyl sites for hydroxylation is 1. The van der Waals surface area contributed by atoms with Gasteiger partial charge in [0.15, 0.2) is 5.76 Å². The second kappa shape index (κ2) is 7.03. The summed E-state index contributed by atoms with van der Waals surface area (Å²) in [6.07, 6.45) is 3.15. The molecule has 0 bridgehead atoms. The number of carbonyl (C=O) groups excluding carboxylic acids is 1. The van der Waals surface area contributed by atoms with Gasteiger partial charge in [-0.25, -0.2) is 0 Å². The zero-order valence-corrected chi connectivity index (χ0v) is 15.0. The quantitative estimate of drug-likeness (QED) is 0.611. The second-order valence-corrected chi connectivity index (χ2v) is 6.21. The molecule has 5 heteroatoms. The highest BCUT2D eigenvalue weighted by Gasteiger charge is 2.30. The predicted molar refractivity (Wildman–Crippen MR) is 100 cm³/mol. The van der Waals surface area contributed by atoms with Crippen molar-refractivity contribution in [3.05, 3.63) is 83.0 Å². The number of fused-ring (bicyclic) bond motifs is 1. The first-order valence-corrected chi connectivity index (χ1v) is 8.52. The molecule has 1 aliphatic rings. The van der Waals surface area contributed by atoms with Crippen LogP contribution in [0.5, 0.6) is 17.2 Å². The Morgan fingerprint density at radius 2 is 1.89 bits per heavy atom. The van der Waals surface area contributed by atoms with Gasteiger partial charge < -0.3 is 18.6 Å². The fourth-order valence-electron chi connectivity index (χ4n) is 2.95. The maximum atomic E-state index is 12.6.